The van der Waals surface area contributed by atoms with Crippen LogP contribution in [0.15, 0.2) is 24.3 Å². The largest absolute Gasteiger partial charge is 0.394 e. The minimum atomic E-state index is 0.0657. The van der Waals surface area contributed by atoms with Gasteiger partial charge in [0, 0.05) is 0 Å². The zero-order valence-electron chi connectivity index (χ0n) is 10.5. The van der Waals surface area contributed by atoms with Crippen LogP contribution in [0.3, 0.4) is 0 Å². The van der Waals surface area contributed by atoms with Crippen molar-refractivity contribution in [2.75, 3.05) is 13.2 Å². The molecule has 0 radical (unpaired) electrons. The fraction of sp³-hybridized carbons (Fsp3) is 0.571. The number of rotatable bonds is 6. The SMILES string of the molecule is CCNC(CO)c1ccc(C(C)CC)cc1. The van der Waals surface area contributed by atoms with Crippen molar-refractivity contribution in [1.29, 1.82) is 0 Å². The molecule has 0 bridgehead atoms. The molecule has 2 atom stereocenters. The predicted octanol–water partition coefficient (Wildman–Crippen LogP) is 2.84. The molecule has 16 heavy (non-hydrogen) atoms. The first-order valence-electron chi connectivity index (χ1n) is 6.17. The first kappa shape index (κ1) is 13.2. The Morgan fingerprint density at radius 1 is 1.12 bits per heavy atom. The third kappa shape index (κ3) is 3.32. The lowest BCUT2D eigenvalue weighted by Crippen LogP contribution is -2.23. The van der Waals surface area contributed by atoms with E-state index >= 15 is 0 Å². The van der Waals surface area contributed by atoms with Crippen LogP contribution in [0.2, 0.25) is 0 Å². The Kier molecular flexibility index (Phi) is 5.50. The zero-order valence-corrected chi connectivity index (χ0v) is 10.5. The summed E-state index contributed by atoms with van der Waals surface area (Å²) in [7, 11) is 0. The number of nitrogens with one attached hydrogen (secondary N) is 1. The highest BCUT2D eigenvalue weighted by atomic mass is 16.3. The quantitative estimate of drug-likeness (QED) is 0.774. The molecule has 0 saturated carbocycles. The number of hydrogen-bond acceptors (Lipinski definition) is 2. The number of hydrogen-bond donors (Lipinski definition) is 2. The maximum absolute atomic E-state index is 9.27. The molecule has 0 aliphatic heterocycles. The highest BCUT2D eigenvalue weighted by Crippen LogP contribution is 2.21. The van der Waals surface area contributed by atoms with Crippen molar-refractivity contribution in [2.24, 2.45) is 0 Å². The van der Waals surface area contributed by atoms with Crippen LogP contribution >= 0.6 is 0 Å². The minimum absolute atomic E-state index is 0.0657. The van der Waals surface area contributed by atoms with E-state index in [1.807, 2.05) is 0 Å². The Hall–Kier alpha value is -0.860. The van der Waals surface area contributed by atoms with Gasteiger partial charge < -0.3 is 10.4 Å². The van der Waals surface area contributed by atoms with E-state index in [2.05, 4.69) is 50.4 Å². The van der Waals surface area contributed by atoms with E-state index in [4.69, 9.17) is 0 Å². The fourth-order valence-electron chi connectivity index (χ4n) is 1.83. The van der Waals surface area contributed by atoms with Gasteiger partial charge in [0.15, 0.2) is 0 Å². The molecule has 0 spiro atoms. The average Bonchev–Trinajstić information content (AvgIpc) is 2.35. The van der Waals surface area contributed by atoms with Crippen LogP contribution < -0.4 is 5.32 Å². The topological polar surface area (TPSA) is 32.3 Å². The van der Waals surface area contributed by atoms with Gasteiger partial charge in [-0.3, -0.25) is 0 Å². The van der Waals surface area contributed by atoms with Crippen LogP contribution in [0.5, 0.6) is 0 Å². The highest BCUT2D eigenvalue weighted by molar-refractivity contribution is 5.27. The van der Waals surface area contributed by atoms with Crippen LogP contribution in [-0.4, -0.2) is 18.3 Å². The van der Waals surface area contributed by atoms with E-state index in [0.29, 0.717) is 5.92 Å². The first-order valence-corrected chi connectivity index (χ1v) is 6.17. The lowest BCUT2D eigenvalue weighted by atomic mass is 9.96. The molecule has 2 N–H and O–H groups in total. The van der Waals surface area contributed by atoms with Crippen molar-refractivity contribution < 1.29 is 5.11 Å². The summed E-state index contributed by atoms with van der Waals surface area (Å²) in [4.78, 5) is 0. The molecular weight excluding hydrogens is 198 g/mol. The molecule has 0 saturated heterocycles. The predicted molar refractivity (Wildman–Crippen MR) is 68.7 cm³/mol. The Labute approximate surface area is 98.7 Å². The van der Waals surface area contributed by atoms with Crippen molar-refractivity contribution in [3.63, 3.8) is 0 Å². The Bertz CT molecular complexity index is 294. The van der Waals surface area contributed by atoms with Crippen LogP contribution in [0.4, 0.5) is 0 Å². The molecule has 1 aromatic carbocycles. The molecule has 0 aliphatic carbocycles. The molecule has 2 heteroatoms. The molecule has 0 aromatic heterocycles. The van der Waals surface area contributed by atoms with Crippen molar-refractivity contribution in [3.8, 4) is 0 Å². The van der Waals surface area contributed by atoms with Gasteiger partial charge in [-0.05, 0) is 30.0 Å². The first-order chi connectivity index (χ1) is 7.72. The van der Waals surface area contributed by atoms with Crippen molar-refractivity contribution in [1.82, 2.24) is 5.32 Å². The van der Waals surface area contributed by atoms with E-state index in [1.54, 1.807) is 0 Å². The molecule has 0 aliphatic rings. The van der Waals surface area contributed by atoms with Crippen LogP contribution in [-0.2, 0) is 0 Å². The van der Waals surface area contributed by atoms with E-state index in [1.165, 1.54) is 5.56 Å². The highest BCUT2D eigenvalue weighted by Gasteiger charge is 2.09. The maximum atomic E-state index is 9.27. The lowest BCUT2D eigenvalue weighted by Gasteiger charge is -2.17. The standard InChI is InChI=1S/C14H23NO/c1-4-11(3)12-6-8-13(9-7-12)14(10-16)15-5-2/h6-9,11,14-16H,4-5,10H2,1-3H3. The fourth-order valence-corrected chi connectivity index (χ4v) is 1.83. The smallest absolute Gasteiger partial charge is 0.0626 e. The summed E-state index contributed by atoms with van der Waals surface area (Å²) in [5.41, 5.74) is 2.54. The third-order valence-electron chi connectivity index (χ3n) is 3.15. The molecule has 2 unspecified atom stereocenters. The zero-order chi connectivity index (χ0) is 12.0. The Morgan fingerprint density at radius 2 is 1.69 bits per heavy atom. The number of benzene rings is 1. The number of aliphatic hydroxyl groups is 1. The molecule has 1 aromatic rings. The van der Waals surface area contributed by atoms with E-state index in [9.17, 15) is 5.11 Å². The van der Waals surface area contributed by atoms with Gasteiger partial charge in [-0.2, -0.15) is 0 Å². The summed E-state index contributed by atoms with van der Waals surface area (Å²) in [6.45, 7) is 7.52. The molecule has 0 heterocycles. The summed E-state index contributed by atoms with van der Waals surface area (Å²) < 4.78 is 0. The second-order valence-corrected chi connectivity index (χ2v) is 4.27. The minimum Gasteiger partial charge on any atom is -0.394 e. The number of likely N-dealkylation sites (N-methyl/N-ethyl adjacent to an activating group) is 1. The van der Waals surface area contributed by atoms with Gasteiger partial charge in [0.05, 0.1) is 12.6 Å². The summed E-state index contributed by atoms with van der Waals surface area (Å²) in [6, 6.07) is 8.64. The van der Waals surface area contributed by atoms with Crippen LogP contribution in [0.25, 0.3) is 0 Å². The van der Waals surface area contributed by atoms with E-state index in [-0.39, 0.29) is 12.6 Å². The van der Waals surface area contributed by atoms with Gasteiger partial charge in [-0.15, -0.1) is 0 Å². The Morgan fingerprint density at radius 3 is 2.12 bits per heavy atom. The number of aliphatic hydroxyl groups excluding tert-OH is 1. The van der Waals surface area contributed by atoms with E-state index < -0.39 is 0 Å². The van der Waals surface area contributed by atoms with Gasteiger partial charge in [0.1, 0.15) is 0 Å². The van der Waals surface area contributed by atoms with Gasteiger partial charge >= 0.3 is 0 Å². The molecule has 2 nitrogen and oxygen atoms in total. The molecular formula is C14H23NO. The van der Waals surface area contributed by atoms with Gasteiger partial charge in [0.2, 0.25) is 0 Å². The van der Waals surface area contributed by atoms with E-state index in [0.717, 1.165) is 18.5 Å². The maximum Gasteiger partial charge on any atom is 0.0626 e. The van der Waals surface area contributed by atoms with Crippen molar-refractivity contribution in [3.05, 3.63) is 35.4 Å². The molecule has 0 fully saturated rings. The summed E-state index contributed by atoms with van der Waals surface area (Å²) >= 11 is 0. The summed E-state index contributed by atoms with van der Waals surface area (Å²) in [5.74, 6) is 0.612. The molecule has 90 valence electrons. The van der Waals surface area contributed by atoms with Gasteiger partial charge in [0.25, 0.3) is 0 Å². The molecule has 1 rings (SSSR count). The second kappa shape index (κ2) is 6.66. The Balaban J connectivity index is 2.76. The van der Waals surface area contributed by atoms with Crippen molar-refractivity contribution >= 4 is 0 Å². The second-order valence-electron chi connectivity index (χ2n) is 4.27. The summed E-state index contributed by atoms with van der Waals surface area (Å²) in [5, 5.41) is 12.5. The lowest BCUT2D eigenvalue weighted by molar-refractivity contribution is 0.246. The third-order valence-corrected chi connectivity index (χ3v) is 3.15. The van der Waals surface area contributed by atoms with Crippen molar-refractivity contribution in [2.45, 2.75) is 39.2 Å². The average molecular weight is 221 g/mol. The van der Waals surface area contributed by atoms with Crippen LogP contribution in [0.1, 0.15) is 50.3 Å². The van der Waals surface area contributed by atoms with Gasteiger partial charge in [-0.25, -0.2) is 0 Å². The van der Waals surface area contributed by atoms with Gasteiger partial charge in [-0.1, -0.05) is 45.0 Å². The monoisotopic (exact) mass is 221 g/mol. The van der Waals surface area contributed by atoms with Crippen LogP contribution in [0, 0.1) is 0 Å². The normalized spacial score (nSPS) is 14.8. The molecule has 0 amide bonds. The summed E-state index contributed by atoms with van der Waals surface area (Å²) in [6.07, 6.45) is 1.16.